The van der Waals surface area contributed by atoms with E-state index >= 15 is 0 Å². The number of imidazole rings is 1. The summed E-state index contributed by atoms with van der Waals surface area (Å²) in [4.78, 5) is 4.95. The Morgan fingerprint density at radius 3 is 2.67 bits per heavy atom. The average Bonchev–Trinajstić information content (AvgIpc) is 3.26. The van der Waals surface area contributed by atoms with Gasteiger partial charge in [-0.25, -0.2) is 9.50 Å². The maximum absolute atomic E-state index is 6.32. The third-order valence-corrected chi connectivity index (χ3v) is 5.60. The van der Waals surface area contributed by atoms with E-state index in [2.05, 4.69) is 54.1 Å². The highest BCUT2D eigenvalue weighted by Gasteiger charge is 2.12. The molecule has 2 aromatic carbocycles. The van der Waals surface area contributed by atoms with E-state index in [1.807, 2.05) is 23.6 Å². The molecule has 5 heteroatoms. The molecule has 0 N–H and O–H groups in total. The second-order valence-electron chi connectivity index (χ2n) is 7.00. The highest BCUT2D eigenvalue weighted by molar-refractivity contribution is 6.33. The molecule has 0 fully saturated rings. The van der Waals surface area contributed by atoms with Gasteiger partial charge >= 0.3 is 0 Å². The lowest BCUT2D eigenvalue weighted by molar-refractivity contribution is 0.763. The largest absolute Gasteiger partial charge is 0.331 e. The molecule has 27 heavy (non-hydrogen) atoms. The Kier molecular flexibility index (Phi) is 3.69. The normalized spacial score (nSPS) is 11.8. The smallest absolute Gasteiger partial charge is 0.110 e. The van der Waals surface area contributed by atoms with Gasteiger partial charge in [-0.15, -0.1) is 0 Å². The van der Waals surface area contributed by atoms with Crippen LogP contribution in [0.25, 0.3) is 27.3 Å². The minimum atomic E-state index is 0.730. The molecule has 0 aliphatic rings. The van der Waals surface area contributed by atoms with Crippen LogP contribution >= 0.6 is 11.6 Å². The molecule has 134 valence electrons. The molecule has 3 heterocycles. The summed E-state index contributed by atoms with van der Waals surface area (Å²) in [5.41, 5.74) is 5.30. The number of hydrogen-bond acceptors (Lipinski definition) is 2. The second-order valence-corrected chi connectivity index (χ2v) is 7.40. The first kappa shape index (κ1) is 16.3. The van der Waals surface area contributed by atoms with Gasteiger partial charge in [0.1, 0.15) is 5.82 Å². The van der Waals surface area contributed by atoms with E-state index in [9.17, 15) is 0 Å². The van der Waals surface area contributed by atoms with E-state index in [1.165, 1.54) is 10.8 Å². The topological polar surface area (TPSA) is 35.1 Å². The van der Waals surface area contributed by atoms with Crippen molar-refractivity contribution in [1.29, 1.82) is 0 Å². The van der Waals surface area contributed by atoms with Crippen LogP contribution in [0, 0.1) is 6.92 Å². The van der Waals surface area contributed by atoms with E-state index < -0.39 is 0 Å². The molecule has 0 amide bonds. The van der Waals surface area contributed by atoms with Crippen LogP contribution in [0.4, 0.5) is 0 Å². The predicted molar refractivity (Wildman–Crippen MR) is 111 cm³/mol. The summed E-state index contributed by atoms with van der Waals surface area (Å²) in [6.07, 6.45) is 1.66. The fraction of sp³-hybridized carbons (Fsp3) is 0.182. The third-order valence-electron chi connectivity index (χ3n) is 5.28. The molecule has 0 saturated heterocycles. The molecule has 4 nitrogen and oxygen atoms in total. The number of aromatic nitrogens is 4. The van der Waals surface area contributed by atoms with Gasteiger partial charge in [0.15, 0.2) is 0 Å². The van der Waals surface area contributed by atoms with Crippen molar-refractivity contribution in [2.24, 2.45) is 7.05 Å². The number of fused-ring (bicyclic) bond motifs is 4. The summed E-state index contributed by atoms with van der Waals surface area (Å²) in [5, 5.41) is 7.87. The summed E-state index contributed by atoms with van der Waals surface area (Å²) in [5.74, 6) is 1.07. The van der Waals surface area contributed by atoms with Gasteiger partial charge in [-0.3, -0.25) is 0 Å². The molecule has 0 unspecified atom stereocenters. The minimum Gasteiger partial charge on any atom is -0.331 e. The molecule has 0 saturated carbocycles. The number of hydrogen-bond donors (Lipinski definition) is 0. The van der Waals surface area contributed by atoms with Crippen LogP contribution in [0.2, 0.25) is 5.02 Å². The van der Waals surface area contributed by atoms with Gasteiger partial charge in [-0.1, -0.05) is 41.9 Å². The fourth-order valence-electron chi connectivity index (χ4n) is 3.78. The highest BCUT2D eigenvalue weighted by Crippen LogP contribution is 2.26. The maximum atomic E-state index is 6.32. The molecule has 5 rings (SSSR count). The number of rotatable bonds is 3. The van der Waals surface area contributed by atoms with Crippen molar-refractivity contribution in [3.63, 3.8) is 0 Å². The Morgan fingerprint density at radius 1 is 0.963 bits per heavy atom. The van der Waals surface area contributed by atoms with Gasteiger partial charge < -0.3 is 4.57 Å². The first-order valence-electron chi connectivity index (χ1n) is 9.08. The Hall–Kier alpha value is -2.85. The van der Waals surface area contributed by atoms with Gasteiger partial charge in [0.05, 0.1) is 27.3 Å². The van der Waals surface area contributed by atoms with Crippen LogP contribution in [0.15, 0.2) is 54.6 Å². The summed E-state index contributed by atoms with van der Waals surface area (Å²) in [6, 6.07) is 18.7. The van der Waals surface area contributed by atoms with E-state index in [1.54, 1.807) is 0 Å². The number of halogens is 1. The quantitative estimate of drug-likeness (QED) is 0.439. The highest BCUT2D eigenvalue weighted by atomic mass is 35.5. The van der Waals surface area contributed by atoms with Crippen molar-refractivity contribution in [3.8, 4) is 0 Å². The van der Waals surface area contributed by atoms with Crippen LogP contribution in [-0.4, -0.2) is 19.2 Å². The molecule has 3 aromatic heterocycles. The Bertz CT molecular complexity index is 1270. The maximum Gasteiger partial charge on any atom is 0.110 e. The van der Waals surface area contributed by atoms with Crippen LogP contribution in [0.1, 0.15) is 17.2 Å². The fourth-order valence-corrected chi connectivity index (χ4v) is 3.98. The van der Waals surface area contributed by atoms with Crippen molar-refractivity contribution < 1.29 is 0 Å². The molecule has 5 aromatic rings. The first-order valence-corrected chi connectivity index (χ1v) is 9.46. The van der Waals surface area contributed by atoms with Crippen molar-refractivity contribution in [2.45, 2.75) is 19.8 Å². The van der Waals surface area contributed by atoms with E-state index in [4.69, 9.17) is 21.7 Å². The first-order chi connectivity index (χ1) is 13.1. The Morgan fingerprint density at radius 2 is 1.81 bits per heavy atom. The number of benzene rings is 2. The van der Waals surface area contributed by atoms with Gasteiger partial charge in [-0.05, 0) is 43.0 Å². The van der Waals surface area contributed by atoms with Crippen molar-refractivity contribution >= 4 is 38.9 Å². The number of nitrogens with zero attached hydrogens (tertiary/aromatic N) is 4. The van der Waals surface area contributed by atoms with Crippen molar-refractivity contribution in [1.82, 2.24) is 19.2 Å². The molecule has 0 aliphatic heterocycles. The monoisotopic (exact) mass is 374 g/mol. The summed E-state index contributed by atoms with van der Waals surface area (Å²) in [6.45, 7) is 2.04. The molecule has 0 bridgehead atoms. The predicted octanol–water partition coefficient (Wildman–Crippen LogP) is 5.12. The molecule has 0 atom stereocenters. The van der Waals surface area contributed by atoms with Gasteiger partial charge in [-0.2, -0.15) is 5.10 Å². The van der Waals surface area contributed by atoms with Crippen LogP contribution in [0.3, 0.4) is 0 Å². The number of aryl methyl sites for hydroxylation is 4. The van der Waals surface area contributed by atoms with Crippen molar-refractivity contribution in [3.05, 3.63) is 76.8 Å². The molecule has 0 spiro atoms. The minimum absolute atomic E-state index is 0.730. The SMILES string of the molecule is Cc1ccc(Cl)c2cc(CCc3nc4c5ccccc5ccc4n3C)nn12. The van der Waals surface area contributed by atoms with E-state index in [0.717, 1.165) is 51.6 Å². The van der Waals surface area contributed by atoms with Crippen LogP contribution in [0.5, 0.6) is 0 Å². The van der Waals surface area contributed by atoms with Crippen LogP contribution < -0.4 is 0 Å². The van der Waals surface area contributed by atoms with E-state index in [-0.39, 0.29) is 0 Å². The average molecular weight is 375 g/mol. The molecule has 0 aliphatic carbocycles. The summed E-state index contributed by atoms with van der Waals surface area (Å²) in [7, 11) is 2.09. The zero-order valence-corrected chi connectivity index (χ0v) is 16.0. The molecular weight excluding hydrogens is 356 g/mol. The lowest BCUT2D eigenvalue weighted by atomic mass is 10.1. The summed E-state index contributed by atoms with van der Waals surface area (Å²) >= 11 is 6.32. The molecular formula is C22H19ClN4. The van der Waals surface area contributed by atoms with Crippen molar-refractivity contribution in [2.75, 3.05) is 0 Å². The zero-order valence-electron chi connectivity index (χ0n) is 15.3. The molecule has 0 radical (unpaired) electrons. The third kappa shape index (κ3) is 2.60. The van der Waals surface area contributed by atoms with Crippen LogP contribution in [-0.2, 0) is 19.9 Å². The summed E-state index contributed by atoms with van der Waals surface area (Å²) < 4.78 is 4.11. The zero-order chi connectivity index (χ0) is 18.5. The van der Waals surface area contributed by atoms with Gasteiger partial charge in [0, 0.05) is 24.5 Å². The van der Waals surface area contributed by atoms with E-state index in [0.29, 0.717) is 0 Å². The lowest BCUT2D eigenvalue weighted by Gasteiger charge is -2.01. The second kappa shape index (κ2) is 6.10. The lowest BCUT2D eigenvalue weighted by Crippen LogP contribution is -2.01. The van der Waals surface area contributed by atoms with Gasteiger partial charge in [0.2, 0.25) is 0 Å². The standard InChI is InChI=1S/C22H19ClN4/c1-14-7-10-18(23)20-13-16(25-27(14)20)9-12-21-24-22-17-6-4-3-5-15(17)8-11-19(22)26(21)2/h3-8,10-11,13H,9,12H2,1-2H3. The number of pyridine rings is 1. The Labute approximate surface area is 162 Å². The van der Waals surface area contributed by atoms with Gasteiger partial charge in [0.25, 0.3) is 0 Å². The Balaban J connectivity index is 1.52.